The van der Waals surface area contributed by atoms with Crippen molar-refractivity contribution in [1.29, 1.82) is 0 Å². The van der Waals surface area contributed by atoms with Crippen molar-refractivity contribution in [3.63, 3.8) is 0 Å². The minimum absolute atomic E-state index is 0.0446. The molecule has 27 heavy (non-hydrogen) atoms. The number of fused-ring (bicyclic) bond motifs is 1. The van der Waals surface area contributed by atoms with E-state index in [0.717, 1.165) is 43.1 Å². The Hall–Kier alpha value is -2.78. The van der Waals surface area contributed by atoms with Gasteiger partial charge >= 0.3 is 4.87 Å². The van der Waals surface area contributed by atoms with Crippen LogP contribution in [-0.4, -0.2) is 19.6 Å². The number of nitrogens with two attached hydrogens (primary N) is 1. The summed E-state index contributed by atoms with van der Waals surface area (Å²) in [5.74, 6) is 0.198. The van der Waals surface area contributed by atoms with Crippen LogP contribution in [0.4, 0.5) is 5.95 Å². The first-order valence-electron chi connectivity index (χ1n) is 7.96. The Kier molecular flexibility index (Phi) is 4.40. The second kappa shape index (κ2) is 6.75. The minimum Gasteiger partial charge on any atom is -0.493 e. The van der Waals surface area contributed by atoms with Gasteiger partial charge in [-0.05, 0) is 34.6 Å². The number of anilines is 1. The molecule has 7 nitrogen and oxygen atoms in total. The van der Waals surface area contributed by atoms with Crippen LogP contribution in [0, 0.1) is 0 Å². The molecule has 0 spiro atoms. The maximum atomic E-state index is 11.7. The molecule has 0 aliphatic carbocycles. The Morgan fingerprint density at radius 3 is 2.74 bits per heavy atom. The van der Waals surface area contributed by atoms with Crippen molar-refractivity contribution in [2.24, 2.45) is 12.0 Å². The zero-order valence-corrected chi connectivity index (χ0v) is 16.6. The summed E-state index contributed by atoms with van der Waals surface area (Å²) in [4.78, 5) is 24.6. The molecule has 9 heteroatoms. The van der Waals surface area contributed by atoms with E-state index in [1.165, 1.54) is 11.6 Å². The van der Waals surface area contributed by atoms with Gasteiger partial charge in [0.25, 0.3) is 0 Å². The fraction of sp³-hybridized carbons (Fsp3) is 0.111. The third kappa shape index (κ3) is 3.31. The molecule has 2 aromatic heterocycles. The van der Waals surface area contributed by atoms with Crippen molar-refractivity contribution >= 4 is 44.9 Å². The van der Waals surface area contributed by atoms with Crippen molar-refractivity contribution in [2.75, 3.05) is 5.73 Å². The number of aromatic hydroxyl groups is 1. The largest absolute Gasteiger partial charge is 0.493 e. The molecule has 3 heterocycles. The number of benzene rings is 1. The average molecular weight is 444 g/mol. The topological polar surface area (TPSA) is 106 Å². The van der Waals surface area contributed by atoms with Crippen LogP contribution in [0.2, 0.25) is 0 Å². The fourth-order valence-electron chi connectivity index (χ4n) is 2.78. The van der Waals surface area contributed by atoms with Crippen molar-refractivity contribution < 1.29 is 5.11 Å². The predicted octanol–water partition coefficient (Wildman–Crippen LogP) is 1.33. The Morgan fingerprint density at radius 1 is 1.33 bits per heavy atom. The third-order valence-corrected chi connectivity index (χ3v) is 5.89. The molecule has 1 aromatic carbocycles. The van der Waals surface area contributed by atoms with Crippen molar-refractivity contribution in [3.05, 3.63) is 71.4 Å². The van der Waals surface area contributed by atoms with Crippen LogP contribution in [0.25, 0.3) is 11.6 Å². The SMILES string of the molecule is Cn1c(O)c(/C=c2\cc3c(cc2Br)=NC=C3Cc2cnc(N)nc2)sc1=O. The van der Waals surface area contributed by atoms with E-state index in [-0.39, 0.29) is 16.7 Å². The van der Waals surface area contributed by atoms with E-state index >= 15 is 0 Å². The van der Waals surface area contributed by atoms with E-state index in [9.17, 15) is 9.90 Å². The molecule has 1 aliphatic rings. The number of aromatic nitrogens is 3. The average Bonchev–Trinajstić information content (AvgIpc) is 3.13. The number of hydrogen-bond donors (Lipinski definition) is 2. The van der Waals surface area contributed by atoms with E-state index in [0.29, 0.717) is 11.3 Å². The Labute approximate surface area is 166 Å². The monoisotopic (exact) mass is 443 g/mol. The highest BCUT2D eigenvalue weighted by molar-refractivity contribution is 9.10. The fourth-order valence-corrected chi connectivity index (χ4v) is 4.05. The summed E-state index contributed by atoms with van der Waals surface area (Å²) in [6.45, 7) is 0. The van der Waals surface area contributed by atoms with Crippen molar-refractivity contribution in [1.82, 2.24) is 14.5 Å². The number of halogens is 1. The molecule has 0 unspecified atom stereocenters. The van der Waals surface area contributed by atoms with Gasteiger partial charge in [0.2, 0.25) is 11.8 Å². The van der Waals surface area contributed by atoms with Crippen LogP contribution in [0.15, 0.2) is 45.0 Å². The molecular weight excluding hydrogens is 430 g/mol. The van der Waals surface area contributed by atoms with Crippen LogP contribution in [-0.2, 0) is 13.5 Å². The summed E-state index contributed by atoms with van der Waals surface area (Å²) >= 11 is 4.54. The second-order valence-electron chi connectivity index (χ2n) is 6.06. The maximum absolute atomic E-state index is 11.7. The van der Waals surface area contributed by atoms with Gasteiger partial charge in [0.15, 0.2) is 0 Å². The van der Waals surface area contributed by atoms with Gasteiger partial charge in [-0.2, -0.15) is 0 Å². The lowest BCUT2D eigenvalue weighted by molar-refractivity contribution is 0.428. The molecule has 0 atom stereocenters. The second-order valence-corrected chi connectivity index (χ2v) is 7.91. The molecule has 0 amide bonds. The first-order chi connectivity index (χ1) is 12.9. The van der Waals surface area contributed by atoms with Gasteiger partial charge < -0.3 is 10.8 Å². The van der Waals surface area contributed by atoms with Crippen LogP contribution in [0.3, 0.4) is 0 Å². The van der Waals surface area contributed by atoms with Crippen LogP contribution < -0.4 is 21.2 Å². The zero-order chi connectivity index (χ0) is 19.1. The lowest BCUT2D eigenvalue weighted by Gasteiger charge is -2.05. The first-order valence-corrected chi connectivity index (χ1v) is 9.57. The van der Waals surface area contributed by atoms with E-state index in [4.69, 9.17) is 5.73 Å². The van der Waals surface area contributed by atoms with Gasteiger partial charge in [-0.15, -0.1) is 0 Å². The van der Waals surface area contributed by atoms with Gasteiger partial charge in [-0.1, -0.05) is 27.3 Å². The minimum atomic E-state index is -0.213. The molecule has 1 aliphatic heterocycles. The Bertz CT molecular complexity index is 1260. The number of thiazole rings is 1. The van der Waals surface area contributed by atoms with Gasteiger partial charge in [0.05, 0.1) is 10.2 Å². The van der Waals surface area contributed by atoms with Gasteiger partial charge in [0.1, 0.15) is 0 Å². The summed E-state index contributed by atoms with van der Waals surface area (Å²) in [6, 6.07) is 3.91. The maximum Gasteiger partial charge on any atom is 0.310 e. The lowest BCUT2D eigenvalue weighted by atomic mass is 10.0. The van der Waals surface area contributed by atoms with E-state index in [2.05, 4.69) is 30.9 Å². The van der Waals surface area contributed by atoms with Gasteiger partial charge in [0, 0.05) is 42.1 Å². The number of allylic oxidation sites excluding steroid dienone is 1. The van der Waals surface area contributed by atoms with E-state index in [1.807, 2.05) is 18.3 Å². The lowest BCUT2D eigenvalue weighted by Crippen LogP contribution is -2.14. The normalized spacial score (nSPS) is 13.4. The standard InChI is InChI=1S/C18H14BrN5O2S/c1-24-16(25)15(27-18(24)26)4-10-3-12-11(8-21-14(12)5-13(10)19)2-9-6-22-17(20)23-7-9/h3-8,25H,2H2,1H3,(H2,20,22,23)/b10-4+. The zero-order valence-electron chi connectivity index (χ0n) is 14.2. The molecule has 3 N–H and O–H groups in total. The van der Waals surface area contributed by atoms with Crippen molar-refractivity contribution in [2.45, 2.75) is 6.42 Å². The number of nitrogen functional groups attached to an aromatic ring is 1. The third-order valence-electron chi connectivity index (χ3n) is 4.24. The molecule has 0 saturated heterocycles. The summed E-state index contributed by atoms with van der Waals surface area (Å²) in [5.41, 5.74) is 8.50. The smallest absolute Gasteiger partial charge is 0.310 e. The number of nitrogens with zero attached hydrogens (tertiary/aromatic N) is 4. The van der Waals surface area contributed by atoms with Crippen LogP contribution in [0.1, 0.15) is 16.0 Å². The van der Waals surface area contributed by atoms with Crippen LogP contribution in [0.5, 0.6) is 5.88 Å². The molecule has 0 fully saturated rings. The summed E-state index contributed by atoms with van der Waals surface area (Å²) < 4.78 is 2.05. The van der Waals surface area contributed by atoms with Crippen LogP contribution >= 0.6 is 27.3 Å². The predicted molar refractivity (Wildman–Crippen MR) is 108 cm³/mol. The molecule has 3 aromatic rings. The van der Waals surface area contributed by atoms with E-state index in [1.54, 1.807) is 18.5 Å². The molecule has 0 saturated carbocycles. The highest BCUT2D eigenvalue weighted by Crippen LogP contribution is 2.22. The van der Waals surface area contributed by atoms with Crippen molar-refractivity contribution in [3.8, 4) is 5.88 Å². The molecule has 4 rings (SSSR count). The first kappa shape index (κ1) is 17.6. The van der Waals surface area contributed by atoms with Gasteiger partial charge in [-0.3, -0.25) is 14.4 Å². The summed E-state index contributed by atoms with van der Waals surface area (Å²) in [6.07, 6.45) is 7.64. The molecule has 0 radical (unpaired) electrons. The number of rotatable bonds is 3. The molecule has 136 valence electrons. The van der Waals surface area contributed by atoms with Gasteiger partial charge in [-0.25, -0.2) is 9.97 Å². The Balaban J connectivity index is 1.75. The summed E-state index contributed by atoms with van der Waals surface area (Å²) in [7, 11) is 1.54. The summed E-state index contributed by atoms with van der Waals surface area (Å²) in [5, 5.41) is 11.8. The molecule has 0 bridgehead atoms. The van der Waals surface area contributed by atoms with E-state index < -0.39 is 0 Å². The number of hydrogen-bond acceptors (Lipinski definition) is 7. The Morgan fingerprint density at radius 2 is 2.07 bits per heavy atom. The highest BCUT2D eigenvalue weighted by Gasteiger charge is 2.14. The molecular formula is C18H14BrN5O2S. The quantitative estimate of drug-likeness (QED) is 0.634. The highest BCUT2D eigenvalue weighted by atomic mass is 79.9.